The van der Waals surface area contributed by atoms with Crippen LogP contribution >= 0.6 is 0 Å². The quantitative estimate of drug-likeness (QED) is 0.669. The zero-order valence-electron chi connectivity index (χ0n) is 8.36. The molecule has 0 bridgehead atoms. The first kappa shape index (κ1) is 8.36. The number of hydrogen-bond acceptors (Lipinski definition) is 0. The number of hydrogen-bond donors (Lipinski definition) is 1. The minimum absolute atomic E-state index is 0.957. The van der Waals surface area contributed by atoms with Crippen molar-refractivity contribution >= 4 is 5.57 Å². The molecule has 1 heterocycles. The third-order valence-corrected chi connectivity index (χ3v) is 2.73. The van der Waals surface area contributed by atoms with Gasteiger partial charge in [-0.3, -0.25) is 0 Å². The predicted molar refractivity (Wildman–Crippen MR) is 55.3 cm³/mol. The Bertz CT molecular complexity index is 391. The molecule has 1 aromatic rings. The van der Waals surface area contributed by atoms with Crippen LogP contribution in [0.1, 0.15) is 30.2 Å². The summed E-state index contributed by atoms with van der Waals surface area (Å²) in [6.45, 7) is 6.43. The number of rotatable bonds is 1. The summed E-state index contributed by atoms with van der Waals surface area (Å²) in [6.07, 6.45) is 8.60. The highest BCUT2D eigenvalue weighted by molar-refractivity contribution is 5.79. The van der Waals surface area contributed by atoms with Crippen LogP contribution in [0.15, 0.2) is 17.8 Å². The Balaban J connectivity index is 2.47. The molecule has 0 spiro atoms. The summed E-state index contributed by atoms with van der Waals surface area (Å²) in [6, 6.07) is 0. The van der Waals surface area contributed by atoms with Crippen LogP contribution in [0.2, 0.25) is 0 Å². The molecule has 0 fully saturated rings. The van der Waals surface area contributed by atoms with Crippen molar-refractivity contribution in [1.29, 1.82) is 0 Å². The fourth-order valence-electron chi connectivity index (χ4n) is 1.69. The number of allylic oxidation sites excluding steroid dienone is 4. The molecule has 1 aliphatic carbocycles. The Morgan fingerprint density at radius 1 is 1.31 bits per heavy atom. The molecule has 0 aliphatic heterocycles. The highest BCUT2D eigenvalue weighted by Crippen LogP contribution is 2.30. The summed E-state index contributed by atoms with van der Waals surface area (Å²) >= 11 is 0. The average Bonchev–Trinajstić information content (AvgIpc) is 2.62. The normalized spacial score (nSPS) is 15.9. The molecule has 0 atom stereocenters. The van der Waals surface area contributed by atoms with Crippen LogP contribution in [0.5, 0.6) is 0 Å². The van der Waals surface area contributed by atoms with Crippen LogP contribution in [-0.2, 0) is 0 Å². The summed E-state index contributed by atoms with van der Waals surface area (Å²) in [5.41, 5.74) is 6.50. The topological polar surface area (TPSA) is 15.8 Å². The molecule has 0 saturated carbocycles. The molecule has 0 saturated heterocycles. The van der Waals surface area contributed by atoms with Gasteiger partial charge in [0, 0.05) is 17.5 Å². The van der Waals surface area contributed by atoms with E-state index in [2.05, 4.69) is 44.1 Å². The van der Waals surface area contributed by atoms with E-state index < -0.39 is 0 Å². The summed E-state index contributed by atoms with van der Waals surface area (Å²) in [7, 11) is 0. The van der Waals surface area contributed by atoms with Gasteiger partial charge in [0.05, 0.1) is 0 Å². The molecule has 0 amide bonds. The minimum Gasteiger partial charge on any atom is -0.361 e. The van der Waals surface area contributed by atoms with Gasteiger partial charge in [0.1, 0.15) is 0 Å². The van der Waals surface area contributed by atoms with E-state index in [-0.39, 0.29) is 0 Å². The van der Waals surface area contributed by atoms with Gasteiger partial charge in [-0.2, -0.15) is 0 Å². The molecule has 1 aromatic heterocycles. The number of aryl methyl sites for hydroxylation is 1. The maximum absolute atomic E-state index is 3.37. The van der Waals surface area contributed by atoms with Crippen LogP contribution < -0.4 is 0 Å². The van der Waals surface area contributed by atoms with Crippen molar-refractivity contribution in [2.45, 2.75) is 27.2 Å². The number of nitrogens with one attached hydrogen (secondary N) is 1. The van der Waals surface area contributed by atoms with Gasteiger partial charge in [0.25, 0.3) is 0 Å². The molecule has 0 unspecified atom stereocenters. The SMILES string of the molecule is CC1=CC[C]=C1c1[nH]cc(C)c1C. The summed E-state index contributed by atoms with van der Waals surface area (Å²) < 4.78 is 0. The Morgan fingerprint density at radius 3 is 2.54 bits per heavy atom. The van der Waals surface area contributed by atoms with Crippen molar-refractivity contribution in [3.8, 4) is 0 Å². The summed E-state index contributed by atoms with van der Waals surface area (Å²) in [4.78, 5) is 3.31. The lowest BCUT2D eigenvalue weighted by molar-refractivity contribution is 1.30. The molecular formula is C12H14N. The second-order valence-electron chi connectivity index (χ2n) is 3.61. The second-order valence-corrected chi connectivity index (χ2v) is 3.61. The lowest BCUT2D eigenvalue weighted by Crippen LogP contribution is -1.87. The Hall–Kier alpha value is -1.24. The number of H-pyrrole nitrogens is 1. The number of aromatic nitrogens is 1. The summed E-state index contributed by atoms with van der Waals surface area (Å²) in [5, 5.41) is 0. The van der Waals surface area contributed by atoms with E-state index in [0.29, 0.717) is 0 Å². The monoisotopic (exact) mass is 172 g/mol. The van der Waals surface area contributed by atoms with Gasteiger partial charge in [-0.1, -0.05) is 6.08 Å². The van der Waals surface area contributed by atoms with Gasteiger partial charge in [-0.05, 0) is 50.0 Å². The standard InChI is InChI=1S/C12H14N/c1-8-5-4-6-11(8)12-10(3)9(2)7-13-12/h5,7,13H,4H2,1-3H3. The molecule has 1 N–H and O–H groups in total. The van der Waals surface area contributed by atoms with Gasteiger partial charge >= 0.3 is 0 Å². The van der Waals surface area contributed by atoms with Crippen molar-refractivity contribution in [3.05, 3.63) is 40.7 Å². The smallest absolute Gasteiger partial charge is 0.0491 e. The van der Waals surface area contributed by atoms with Crippen molar-refractivity contribution in [3.63, 3.8) is 0 Å². The molecular weight excluding hydrogens is 158 g/mol. The average molecular weight is 172 g/mol. The van der Waals surface area contributed by atoms with Crippen molar-refractivity contribution < 1.29 is 0 Å². The third-order valence-electron chi connectivity index (χ3n) is 2.73. The van der Waals surface area contributed by atoms with E-state index in [1.807, 2.05) is 0 Å². The van der Waals surface area contributed by atoms with Crippen molar-refractivity contribution in [2.24, 2.45) is 0 Å². The van der Waals surface area contributed by atoms with Crippen LogP contribution in [0.25, 0.3) is 5.57 Å². The zero-order chi connectivity index (χ0) is 9.42. The molecule has 2 rings (SSSR count). The van der Waals surface area contributed by atoms with Crippen LogP contribution in [0, 0.1) is 19.9 Å². The van der Waals surface area contributed by atoms with Gasteiger partial charge in [0.2, 0.25) is 0 Å². The van der Waals surface area contributed by atoms with Crippen molar-refractivity contribution in [2.75, 3.05) is 0 Å². The van der Waals surface area contributed by atoms with E-state index in [4.69, 9.17) is 0 Å². The minimum atomic E-state index is 0.957. The second kappa shape index (κ2) is 2.91. The lowest BCUT2D eigenvalue weighted by atomic mass is 10.0. The maximum atomic E-state index is 3.37. The molecule has 0 aromatic carbocycles. The van der Waals surface area contributed by atoms with E-state index in [1.165, 1.54) is 28.0 Å². The zero-order valence-corrected chi connectivity index (χ0v) is 8.36. The van der Waals surface area contributed by atoms with Crippen LogP contribution in [0.4, 0.5) is 0 Å². The highest BCUT2D eigenvalue weighted by atomic mass is 14.7. The Labute approximate surface area is 79.2 Å². The van der Waals surface area contributed by atoms with E-state index in [0.717, 1.165) is 6.42 Å². The molecule has 67 valence electrons. The van der Waals surface area contributed by atoms with E-state index >= 15 is 0 Å². The lowest BCUT2D eigenvalue weighted by Gasteiger charge is -2.03. The van der Waals surface area contributed by atoms with Gasteiger partial charge in [0.15, 0.2) is 0 Å². The van der Waals surface area contributed by atoms with E-state index in [1.54, 1.807) is 0 Å². The number of aromatic amines is 1. The predicted octanol–water partition coefficient (Wildman–Crippen LogP) is 3.17. The molecule has 1 aliphatic rings. The molecule has 13 heavy (non-hydrogen) atoms. The molecule has 1 radical (unpaired) electrons. The highest BCUT2D eigenvalue weighted by Gasteiger charge is 2.12. The fourth-order valence-corrected chi connectivity index (χ4v) is 1.69. The van der Waals surface area contributed by atoms with E-state index in [9.17, 15) is 0 Å². The largest absolute Gasteiger partial charge is 0.361 e. The van der Waals surface area contributed by atoms with Gasteiger partial charge in [-0.25, -0.2) is 0 Å². The first-order valence-electron chi connectivity index (χ1n) is 4.63. The fraction of sp³-hybridized carbons (Fsp3) is 0.333. The first-order valence-corrected chi connectivity index (χ1v) is 4.63. The maximum Gasteiger partial charge on any atom is 0.0491 e. The van der Waals surface area contributed by atoms with Crippen LogP contribution in [-0.4, -0.2) is 4.98 Å². The van der Waals surface area contributed by atoms with Crippen LogP contribution in [0.3, 0.4) is 0 Å². The Morgan fingerprint density at radius 2 is 2.08 bits per heavy atom. The molecule has 1 heteroatoms. The van der Waals surface area contributed by atoms with Gasteiger partial charge in [-0.15, -0.1) is 0 Å². The Kier molecular flexibility index (Phi) is 1.87. The van der Waals surface area contributed by atoms with Gasteiger partial charge < -0.3 is 4.98 Å². The first-order chi connectivity index (χ1) is 6.20. The summed E-state index contributed by atoms with van der Waals surface area (Å²) in [5.74, 6) is 0. The third kappa shape index (κ3) is 1.24. The van der Waals surface area contributed by atoms with Crippen molar-refractivity contribution in [1.82, 2.24) is 4.98 Å². The molecule has 1 nitrogen and oxygen atoms in total.